The van der Waals surface area contributed by atoms with Crippen LogP contribution in [0.2, 0.25) is 0 Å². The second kappa shape index (κ2) is 4.21. The maximum Gasteiger partial charge on any atom is 0.130 e. The van der Waals surface area contributed by atoms with E-state index in [4.69, 9.17) is 11.1 Å². The van der Waals surface area contributed by atoms with Gasteiger partial charge in [0.15, 0.2) is 0 Å². The Hall–Kier alpha value is -0.700. The molecule has 3 heteroatoms. The van der Waals surface area contributed by atoms with Crippen molar-refractivity contribution in [2.45, 2.75) is 13.3 Å². The number of carbonyl (C=O) groups excluding carboxylic acids is 1. The van der Waals surface area contributed by atoms with E-state index in [2.05, 4.69) is 0 Å². The lowest BCUT2D eigenvalue weighted by molar-refractivity contribution is -0.117. The maximum atomic E-state index is 10.4. The van der Waals surface area contributed by atoms with Crippen molar-refractivity contribution in [3.05, 3.63) is 0 Å². The lowest BCUT2D eigenvalue weighted by Crippen LogP contribution is -2.17. The van der Waals surface area contributed by atoms with Crippen LogP contribution in [-0.2, 0) is 4.79 Å². The Morgan fingerprint density at radius 3 is 2.56 bits per heavy atom. The molecule has 3 nitrogen and oxygen atoms in total. The Morgan fingerprint density at radius 2 is 2.44 bits per heavy atom. The highest BCUT2D eigenvalue weighted by Gasteiger charge is 2.04. The van der Waals surface area contributed by atoms with Crippen LogP contribution in [0.4, 0.5) is 0 Å². The molecular formula is C6H12N2O. The van der Waals surface area contributed by atoms with Gasteiger partial charge in [-0.05, 0) is 6.92 Å². The third-order valence-corrected chi connectivity index (χ3v) is 1.09. The monoisotopic (exact) mass is 128 g/mol. The van der Waals surface area contributed by atoms with Gasteiger partial charge < -0.3 is 15.9 Å². The molecule has 1 unspecified atom stereocenters. The number of hydrogen-bond donors (Lipinski definition) is 2. The summed E-state index contributed by atoms with van der Waals surface area (Å²) in [6, 6.07) is 0. The summed E-state index contributed by atoms with van der Waals surface area (Å²) in [5.41, 5.74) is 5.23. The predicted octanol–water partition coefficient (Wildman–Crippen LogP) is 0.190. The van der Waals surface area contributed by atoms with Crippen LogP contribution in [0, 0.1) is 11.3 Å². The second-order valence-electron chi connectivity index (χ2n) is 2.07. The van der Waals surface area contributed by atoms with E-state index in [9.17, 15) is 4.79 Å². The highest BCUT2D eigenvalue weighted by atomic mass is 16.1. The Morgan fingerprint density at radius 1 is 1.89 bits per heavy atom. The fourth-order valence-electron chi connectivity index (χ4n) is 0.580. The summed E-state index contributed by atoms with van der Waals surface area (Å²) >= 11 is 0. The fraction of sp³-hybridized carbons (Fsp3) is 0.667. The van der Waals surface area contributed by atoms with Crippen molar-refractivity contribution < 1.29 is 4.79 Å². The summed E-state index contributed by atoms with van der Waals surface area (Å²) < 4.78 is 0. The zero-order valence-corrected chi connectivity index (χ0v) is 5.55. The quantitative estimate of drug-likeness (QED) is 0.531. The Labute approximate surface area is 54.8 Å². The van der Waals surface area contributed by atoms with Crippen LogP contribution in [-0.4, -0.2) is 18.5 Å². The molecule has 52 valence electrons. The average Bonchev–Trinajstić information content (AvgIpc) is 1.82. The molecule has 0 aliphatic carbocycles. The first-order valence-corrected chi connectivity index (χ1v) is 2.90. The van der Waals surface area contributed by atoms with E-state index >= 15 is 0 Å². The lowest BCUT2D eigenvalue weighted by Gasteiger charge is -2.02. The number of carbonyl (C=O) groups is 1. The number of Topliss-reactive ketones (excluding diaryl/α,β-unsaturated/α-hetero) is 1. The van der Waals surface area contributed by atoms with Crippen molar-refractivity contribution in [3.63, 3.8) is 0 Å². The van der Waals surface area contributed by atoms with Gasteiger partial charge in [0.05, 0.1) is 0 Å². The third kappa shape index (κ3) is 3.85. The standard InChI is InChI=1S/C6H12N2O/c1-5(9)2-6(3-7)4-8/h3,6-7H,2,4,8H2,1H3. The van der Waals surface area contributed by atoms with Gasteiger partial charge in [-0.15, -0.1) is 0 Å². The lowest BCUT2D eigenvalue weighted by atomic mass is 10.1. The number of nitrogens with two attached hydrogens (primary N) is 1. The van der Waals surface area contributed by atoms with E-state index in [0.717, 1.165) is 0 Å². The van der Waals surface area contributed by atoms with Gasteiger partial charge in [-0.1, -0.05) is 0 Å². The van der Waals surface area contributed by atoms with E-state index in [-0.39, 0.29) is 11.7 Å². The van der Waals surface area contributed by atoms with E-state index < -0.39 is 0 Å². The van der Waals surface area contributed by atoms with Crippen LogP contribution in [0.3, 0.4) is 0 Å². The zero-order valence-electron chi connectivity index (χ0n) is 5.55. The minimum absolute atomic E-state index is 0.0532. The van der Waals surface area contributed by atoms with Crippen LogP contribution >= 0.6 is 0 Å². The number of hydrogen-bond acceptors (Lipinski definition) is 3. The molecule has 0 aromatic heterocycles. The van der Waals surface area contributed by atoms with Gasteiger partial charge in [0.25, 0.3) is 0 Å². The predicted molar refractivity (Wildman–Crippen MR) is 36.6 cm³/mol. The fourth-order valence-corrected chi connectivity index (χ4v) is 0.580. The van der Waals surface area contributed by atoms with Crippen LogP contribution in [0.5, 0.6) is 0 Å². The minimum Gasteiger partial charge on any atom is -0.330 e. The van der Waals surface area contributed by atoms with Crippen molar-refractivity contribution >= 4 is 12.0 Å². The number of nitrogens with one attached hydrogen (secondary N) is 1. The van der Waals surface area contributed by atoms with Gasteiger partial charge in [0, 0.05) is 25.1 Å². The van der Waals surface area contributed by atoms with Crippen molar-refractivity contribution in [1.82, 2.24) is 0 Å². The highest BCUT2D eigenvalue weighted by molar-refractivity contribution is 5.79. The molecule has 0 heterocycles. The summed E-state index contributed by atoms with van der Waals surface area (Å²) in [4.78, 5) is 10.4. The first kappa shape index (κ1) is 8.30. The zero-order chi connectivity index (χ0) is 7.28. The largest absolute Gasteiger partial charge is 0.330 e. The normalized spacial score (nSPS) is 12.7. The van der Waals surface area contributed by atoms with Crippen LogP contribution in [0.25, 0.3) is 0 Å². The third-order valence-electron chi connectivity index (χ3n) is 1.09. The Kier molecular flexibility index (Phi) is 3.88. The summed E-state index contributed by atoms with van der Waals surface area (Å²) in [6.45, 7) is 1.90. The first-order valence-electron chi connectivity index (χ1n) is 2.90. The molecule has 0 fully saturated rings. The van der Waals surface area contributed by atoms with Crippen molar-refractivity contribution in [2.75, 3.05) is 6.54 Å². The molecule has 0 aromatic carbocycles. The molecule has 0 aliphatic rings. The van der Waals surface area contributed by atoms with Gasteiger partial charge in [-0.3, -0.25) is 0 Å². The van der Waals surface area contributed by atoms with Gasteiger partial charge in [-0.25, -0.2) is 0 Å². The molecule has 0 spiro atoms. The molecule has 0 bridgehead atoms. The highest BCUT2D eigenvalue weighted by Crippen LogP contribution is 1.96. The molecule has 9 heavy (non-hydrogen) atoms. The molecule has 0 saturated carbocycles. The van der Waals surface area contributed by atoms with Gasteiger partial charge >= 0.3 is 0 Å². The first-order chi connectivity index (χ1) is 4.20. The molecule has 0 aromatic rings. The van der Waals surface area contributed by atoms with E-state index in [1.165, 1.54) is 13.1 Å². The summed E-state index contributed by atoms with van der Waals surface area (Å²) in [5.74, 6) is 0.0384. The smallest absolute Gasteiger partial charge is 0.130 e. The Balaban J connectivity index is 3.55. The van der Waals surface area contributed by atoms with Crippen LogP contribution < -0.4 is 5.73 Å². The molecular weight excluding hydrogens is 116 g/mol. The van der Waals surface area contributed by atoms with Gasteiger partial charge in [-0.2, -0.15) is 0 Å². The molecule has 0 aliphatic heterocycles. The SMILES string of the molecule is CC(=O)CC(C=N)CN. The van der Waals surface area contributed by atoms with Crippen LogP contribution in [0.1, 0.15) is 13.3 Å². The van der Waals surface area contributed by atoms with E-state index in [1.54, 1.807) is 0 Å². The second-order valence-corrected chi connectivity index (χ2v) is 2.07. The van der Waals surface area contributed by atoms with E-state index in [1.807, 2.05) is 0 Å². The van der Waals surface area contributed by atoms with Crippen molar-refractivity contribution in [1.29, 1.82) is 5.41 Å². The van der Waals surface area contributed by atoms with E-state index in [0.29, 0.717) is 13.0 Å². The molecule has 1 atom stereocenters. The van der Waals surface area contributed by atoms with Gasteiger partial charge in [0.2, 0.25) is 0 Å². The molecule has 0 saturated heterocycles. The summed E-state index contributed by atoms with van der Waals surface area (Å²) in [7, 11) is 0. The number of rotatable bonds is 4. The molecule has 0 amide bonds. The topological polar surface area (TPSA) is 66.9 Å². The number of ketones is 1. The van der Waals surface area contributed by atoms with Crippen molar-refractivity contribution in [3.8, 4) is 0 Å². The maximum absolute atomic E-state index is 10.4. The van der Waals surface area contributed by atoms with Crippen molar-refractivity contribution in [2.24, 2.45) is 11.7 Å². The van der Waals surface area contributed by atoms with Gasteiger partial charge in [0.1, 0.15) is 5.78 Å². The summed E-state index contributed by atoms with van der Waals surface area (Å²) in [6.07, 6.45) is 1.63. The summed E-state index contributed by atoms with van der Waals surface area (Å²) in [5, 5.41) is 6.80. The molecule has 0 radical (unpaired) electrons. The van der Waals surface area contributed by atoms with Crippen LogP contribution in [0.15, 0.2) is 0 Å². The minimum atomic E-state index is -0.0532. The Bertz CT molecular complexity index is 112. The molecule has 0 rings (SSSR count). The molecule has 3 N–H and O–H groups in total. The average molecular weight is 128 g/mol.